The van der Waals surface area contributed by atoms with Crippen molar-refractivity contribution >= 4 is 17.5 Å². The largest absolute Gasteiger partial charge is 0.389 e. The van der Waals surface area contributed by atoms with E-state index in [9.17, 15) is 9.90 Å². The first-order valence-corrected chi connectivity index (χ1v) is 9.84. The lowest BCUT2D eigenvalue weighted by Gasteiger charge is -2.36. The summed E-state index contributed by atoms with van der Waals surface area (Å²) >= 11 is 5.88. The number of carbonyl (C=O) groups excluding carboxylic acids is 1. The second kappa shape index (κ2) is 9.56. The second-order valence-corrected chi connectivity index (χ2v) is 7.62. The van der Waals surface area contributed by atoms with E-state index in [2.05, 4.69) is 35.8 Å². The number of rotatable bonds is 5. The van der Waals surface area contributed by atoms with Crippen molar-refractivity contribution in [3.63, 3.8) is 0 Å². The summed E-state index contributed by atoms with van der Waals surface area (Å²) < 4.78 is 0. The van der Waals surface area contributed by atoms with Crippen LogP contribution in [0.2, 0.25) is 0 Å². The summed E-state index contributed by atoms with van der Waals surface area (Å²) in [7, 11) is 0. The van der Waals surface area contributed by atoms with Gasteiger partial charge in [-0.1, -0.05) is 44.5 Å². The van der Waals surface area contributed by atoms with Gasteiger partial charge in [-0.25, -0.2) is 0 Å². The molecule has 140 valence electrons. The van der Waals surface area contributed by atoms with Gasteiger partial charge in [-0.3, -0.25) is 4.79 Å². The number of nitrogens with one attached hydrogen (secondary N) is 2. The topological polar surface area (TPSA) is 61.4 Å². The van der Waals surface area contributed by atoms with Gasteiger partial charge in [0.25, 0.3) is 0 Å². The second-order valence-electron chi connectivity index (χ2n) is 7.09. The predicted octanol–water partition coefficient (Wildman–Crippen LogP) is 3.18. The Morgan fingerprint density at radius 2 is 2.08 bits per heavy atom. The maximum absolute atomic E-state index is 11.8. The summed E-state index contributed by atoms with van der Waals surface area (Å²) in [6, 6.07) is 8.32. The Kier molecular flexibility index (Phi) is 7.73. The molecule has 0 aromatic heterocycles. The van der Waals surface area contributed by atoms with Crippen LogP contribution in [0.1, 0.15) is 56.0 Å². The minimum absolute atomic E-state index is 0.0159. The van der Waals surface area contributed by atoms with Crippen molar-refractivity contribution in [2.45, 2.75) is 56.9 Å². The Bertz CT molecular complexity index is 558. The lowest BCUT2D eigenvalue weighted by molar-refractivity contribution is -0.135. The standard InChI is InChI=1S/C12H24N2O2.C8H7Cl/c1-3-4-7-14-11(15)10(2)12(16)5-8-13-9-6-12;9-8-5-6-3-1-2-4-7(6)8/h10,13,16H,3-9H2,1-2H3,(H,14,15);1-4,8H,5H2. The van der Waals surface area contributed by atoms with Crippen LogP contribution in [0.15, 0.2) is 24.3 Å². The maximum Gasteiger partial charge on any atom is 0.225 e. The SMILES string of the molecule is CCCCNC(=O)C(C)C1(O)CCNCC1.ClC1Cc2ccccc21. The number of benzene rings is 1. The van der Waals surface area contributed by atoms with E-state index in [0.29, 0.717) is 24.8 Å². The smallest absolute Gasteiger partial charge is 0.225 e. The number of halogens is 1. The van der Waals surface area contributed by atoms with Gasteiger partial charge in [-0.2, -0.15) is 0 Å². The summed E-state index contributed by atoms with van der Waals surface area (Å²) in [5.74, 6) is -0.329. The fraction of sp³-hybridized carbons (Fsp3) is 0.650. The molecule has 25 heavy (non-hydrogen) atoms. The minimum Gasteiger partial charge on any atom is -0.389 e. The van der Waals surface area contributed by atoms with Crippen molar-refractivity contribution < 1.29 is 9.90 Å². The molecule has 1 aromatic rings. The molecule has 0 bridgehead atoms. The third kappa shape index (κ3) is 5.44. The molecule has 1 heterocycles. The normalized spacial score (nSPS) is 21.8. The molecule has 1 aliphatic heterocycles. The molecule has 3 rings (SSSR count). The molecule has 1 fully saturated rings. The third-order valence-corrected chi connectivity index (χ3v) is 5.68. The summed E-state index contributed by atoms with van der Waals surface area (Å²) in [5, 5.41) is 16.7. The van der Waals surface area contributed by atoms with Gasteiger partial charge in [0, 0.05) is 6.54 Å². The van der Waals surface area contributed by atoms with Crippen molar-refractivity contribution in [1.82, 2.24) is 10.6 Å². The van der Waals surface area contributed by atoms with Crippen molar-refractivity contribution in [2.24, 2.45) is 5.92 Å². The molecule has 1 saturated heterocycles. The van der Waals surface area contributed by atoms with Crippen LogP contribution in [0.4, 0.5) is 0 Å². The van der Waals surface area contributed by atoms with Gasteiger partial charge >= 0.3 is 0 Å². The van der Waals surface area contributed by atoms with Gasteiger partial charge in [-0.15, -0.1) is 11.6 Å². The van der Waals surface area contributed by atoms with Gasteiger partial charge in [0.2, 0.25) is 5.91 Å². The van der Waals surface area contributed by atoms with Gasteiger partial charge in [-0.05, 0) is 49.9 Å². The van der Waals surface area contributed by atoms with Crippen LogP contribution < -0.4 is 10.6 Å². The minimum atomic E-state index is -0.818. The molecule has 2 unspecified atom stereocenters. The number of amides is 1. The van der Waals surface area contributed by atoms with Crippen molar-refractivity contribution in [3.8, 4) is 0 Å². The molecule has 1 aliphatic carbocycles. The molecule has 5 heteroatoms. The van der Waals surface area contributed by atoms with E-state index in [0.717, 1.165) is 32.4 Å². The molecule has 0 saturated carbocycles. The molecular weight excluding hydrogens is 336 g/mol. The fourth-order valence-corrected chi connectivity index (χ4v) is 3.65. The molecule has 4 nitrogen and oxygen atoms in total. The highest BCUT2D eigenvalue weighted by atomic mass is 35.5. The first-order chi connectivity index (χ1) is 12.0. The highest BCUT2D eigenvalue weighted by Gasteiger charge is 2.38. The Hall–Kier alpha value is -1.10. The number of fused-ring (bicyclic) bond motifs is 1. The average molecular weight is 367 g/mol. The van der Waals surface area contributed by atoms with Crippen LogP contribution >= 0.6 is 11.6 Å². The number of piperidine rings is 1. The van der Waals surface area contributed by atoms with Gasteiger partial charge < -0.3 is 15.7 Å². The summed E-state index contributed by atoms with van der Waals surface area (Å²) in [6.45, 7) is 6.22. The lowest BCUT2D eigenvalue weighted by Crippen LogP contribution is -2.51. The van der Waals surface area contributed by atoms with Crippen LogP contribution in [0.25, 0.3) is 0 Å². The Morgan fingerprint density at radius 1 is 1.40 bits per heavy atom. The Morgan fingerprint density at radius 3 is 2.64 bits per heavy atom. The Labute approximate surface area is 156 Å². The zero-order valence-corrected chi connectivity index (χ0v) is 16.1. The molecule has 1 aromatic carbocycles. The Balaban J connectivity index is 0.000000208. The first-order valence-electron chi connectivity index (χ1n) is 9.40. The third-order valence-electron chi connectivity index (χ3n) is 5.29. The summed E-state index contributed by atoms with van der Waals surface area (Å²) in [5.41, 5.74) is 1.92. The highest BCUT2D eigenvalue weighted by Crippen LogP contribution is 2.37. The number of alkyl halides is 1. The average Bonchev–Trinajstić information content (AvgIpc) is 2.61. The number of hydrogen-bond acceptors (Lipinski definition) is 3. The van der Waals surface area contributed by atoms with E-state index in [4.69, 9.17) is 11.6 Å². The van der Waals surface area contributed by atoms with Crippen LogP contribution in [-0.2, 0) is 11.2 Å². The van der Waals surface area contributed by atoms with Crippen molar-refractivity contribution in [2.75, 3.05) is 19.6 Å². The zero-order valence-electron chi connectivity index (χ0n) is 15.4. The van der Waals surface area contributed by atoms with E-state index in [1.54, 1.807) is 0 Å². The van der Waals surface area contributed by atoms with Crippen molar-refractivity contribution in [1.29, 1.82) is 0 Å². The molecule has 0 spiro atoms. The monoisotopic (exact) mass is 366 g/mol. The molecule has 2 atom stereocenters. The van der Waals surface area contributed by atoms with E-state index in [1.165, 1.54) is 11.1 Å². The quantitative estimate of drug-likeness (QED) is 0.554. The number of unbranched alkanes of at least 4 members (excludes halogenated alkanes) is 1. The van der Waals surface area contributed by atoms with Crippen LogP contribution in [0, 0.1) is 5.92 Å². The molecular formula is C20H31ClN2O2. The number of carbonyl (C=O) groups is 1. The lowest BCUT2D eigenvalue weighted by atomic mass is 9.80. The van der Waals surface area contributed by atoms with Gasteiger partial charge in [0.15, 0.2) is 0 Å². The summed E-state index contributed by atoms with van der Waals surface area (Å²) in [6.07, 6.45) is 4.45. The van der Waals surface area contributed by atoms with Gasteiger partial charge in [0.05, 0.1) is 16.9 Å². The van der Waals surface area contributed by atoms with E-state index in [-0.39, 0.29) is 11.8 Å². The van der Waals surface area contributed by atoms with Crippen LogP contribution in [0.5, 0.6) is 0 Å². The zero-order chi connectivity index (χ0) is 18.3. The van der Waals surface area contributed by atoms with Crippen LogP contribution in [-0.4, -0.2) is 36.2 Å². The molecule has 2 aliphatic rings. The maximum atomic E-state index is 11.8. The van der Waals surface area contributed by atoms with Gasteiger partial charge in [0.1, 0.15) is 0 Å². The van der Waals surface area contributed by atoms with Crippen LogP contribution in [0.3, 0.4) is 0 Å². The number of aliphatic hydroxyl groups is 1. The van der Waals surface area contributed by atoms with E-state index < -0.39 is 5.60 Å². The first kappa shape index (κ1) is 20.2. The summed E-state index contributed by atoms with van der Waals surface area (Å²) in [4.78, 5) is 11.8. The molecule has 0 radical (unpaired) electrons. The van der Waals surface area contributed by atoms with Crippen molar-refractivity contribution in [3.05, 3.63) is 35.4 Å². The molecule has 1 amide bonds. The number of hydrogen-bond donors (Lipinski definition) is 3. The predicted molar refractivity (Wildman–Crippen MR) is 103 cm³/mol. The fourth-order valence-electron chi connectivity index (χ4n) is 3.28. The van der Waals surface area contributed by atoms with E-state index in [1.807, 2.05) is 13.0 Å². The van der Waals surface area contributed by atoms with E-state index >= 15 is 0 Å². The molecule has 3 N–H and O–H groups in total. The highest BCUT2D eigenvalue weighted by molar-refractivity contribution is 6.22.